The Labute approximate surface area is 200 Å². The number of aromatic nitrogens is 2. The molecular weight excluding hydrogens is 465 g/mol. The van der Waals surface area contributed by atoms with Crippen molar-refractivity contribution in [1.82, 2.24) is 20.4 Å². The summed E-state index contributed by atoms with van der Waals surface area (Å²) < 4.78 is 52.8. The standard InChI is InChI=1S/C24H25F3N4O4/c1-14-9-15(2)31(30-14)18-7-5-17(19(11-18)24(25,26)27)12-28-22(32)13-29-23(33)16-6-8-20(34-3)21(10-16)35-4/h5-11H,12-13H2,1-4H3,(H,28,32)(H,29,33). The van der Waals surface area contributed by atoms with Crippen molar-refractivity contribution in [3.8, 4) is 17.2 Å². The van der Waals surface area contributed by atoms with E-state index >= 15 is 0 Å². The zero-order valence-electron chi connectivity index (χ0n) is 19.6. The second kappa shape index (κ2) is 10.5. The number of benzene rings is 2. The predicted molar refractivity (Wildman–Crippen MR) is 122 cm³/mol. The molecular formula is C24H25F3N4O4. The van der Waals surface area contributed by atoms with E-state index in [1.54, 1.807) is 26.0 Å². The molecule has 0 saturated heterocycles. The van der Waals surface area contributed by atoms with E-state index in [0.717, 1.165) is 6.07 Å². The van der Waals surface area contributed by atoms with E-state index in [1.165, 1.54) is 43.2 Å². The van der Waals surface area contributed by atoms with Gasteiger partial charge in [0, 0.05) is 17.8 Å². The van der Waals surface area contributed by atoms with Crippen LogP contribution in [0.1, 0.15) is 32.9 Å². The lowest BCUT2D eigenvalue weighted by Crippen LogP contribution is -2.36. The zero-order valence-corrected chi connectivity index (χ0v) is 19.6. The topological polar surface area (TPSA) is 94.5 Å². The maximum Gasteiger partial charge on any atom is 0.416 e. The molecule has 1 aromatic heterocycles. The monoisotopic (exact) mass is 490 g/mol. The van der Waals surface area contributed by atoms with Gasteiger partial charge in [0.1, 0.15) is 0 Å². The molecule has 0 aliphatic rings. The molecule has 0 aliphatic heterocycles. The number of carbonyl (C=O) groups excluding carboxylic acids is 2. The summed E-state index contributed by atoms with van der Waals surface area (Å²) >= 11 is 0. The Bertz CT molecular complexity index is 1240. The van der Waals surface area contributed by atoms with Crippen molar-refractivity contribution in [2.45, 2.75) is 26.6 Å². The maximum atomic E-state index is 13.7. The number of hydrogen-bond donors (Lipinski definition) is 2. The van der Waals surface area contributed by atoms with Crippen molar-refractivity contribution in [3.05, 3.63) is 70.5 Å². The SMILES string of the molecule is COc1ccc(C(=O)NCC(=O)NCc2ccc(-n3nc(C)cc3C)cc2C(F)(F)F)cc1OC. The lowest BCUT2D eigenvalue weighted by Gasteiger charge is -2.16. The van der Waals surface area contributed by atoms with Crippen molar-refractivity contribution >= 4 is 11.8 Å². The first kappa shape index (κ1) is 25.6. The van der Waals surface area contributed by atoms with Gasteiger partial charge in [0.2, 0.25) is 5.91 Å². The minimum atomic E-state index is -4.63. The summed E-state index contributed by atoms with van der Waals surface area (Å²) in [5, 5.41) is 9.06. The molecule has 0 aliphatic carbocycles. The number of hydrogen-bond acceptors (Lipinski definition) is 5. The fraction of sp³-hybridized carbons (Fsp3) is 0.292. The first-order chi connectivity index (χ1) is 16.5. The molecule has 3 aromatic rings. The highest BCUT2D eigenvalue weighted by Crippen LogP contribution is 2.33. The minimum absolute atomic E-state index is 0.109. The molecule has 186 valence electrons. The van der Waals surface area contributed by atoms with E-state index in [1.807, 2.05) is 0 Å². The molecule has 0 radical (unpaired) electrons. The third-order valence-corrected chi connectivity index (χ3v) is 5.18. The molecule has 2 amide bonds. The average molecular weight is 490 g/mol. The molecule has 2 N–H and O–H groups in total. The molecule has 2 aromatic carbocycles. The van der Waals surface area contributed by atoms with Crippen LogP contribution in [0.2, 0.25) is 0 Å². The third-order valence-electron chi connectivity index (χ3n) is 5.18. The Morgan fingerprint density at radius 1 is 0.971 bits per heavy atom. The van der Waals surface area contributed by atoms with Crippen molar-refractivity contribution < 1.29 is 32.2 Å². The van der Waals surface area contributed by atoms with Crippen LogP contribution >= 0.6 is 0 Å². The summed E-state index contributed by atoms with van der Waals surface area (Å²) in [5.41, 5.74) is 0.888. The van der Waals surface area contributed by atoms with Crippen molar-refractivity contribution in [2.75, 3.05) is 20.8 Å². The number of methoxy groups -OCH3 is 2. The van der Waals surface area contributed by atoms with Crippen LogP contribution in [0.25, 0.3) is 5.69 Å². The number of ether oxygens (including phenoxy) is 2. The second-order valence-corrected chi connectivity index (χ2v) is 7.71. The van der Waals surface area contributed by atoms with Gasteiger partial charge in [-0.05, 0) is 55.8 Å². The Hall–Kier alpha value is -4.02. The molecule has 0 atom stereocenters. The fourth-order valence-corrected chi connectivity index (χ4v) is 3.50. The van der Waals surface area contributed by atoms with Gasteiger partial charge in [0.25, 0.3) is 5.91 Å². The summed E-state index contributed by atoms with van der Waals surface area (Å²) in [7, 11) is 2.88. The van der Waals surface area contributed by atoms with Crippen LogP contribution < -0.4 is 20.1 Å². The predicted octanol–water partition coefficient (Wildman–Crippen LogP) is 3.57. The highest BCUT2D eigenvalue weighted by Gasteiger charge is 2.34. The van der Waals surface area contributed by atoms with Gasteiger partial charge in [0.15, 0.2) is 11.5 Å². The number of nitrogens with zero attached hydrogens (tertiary/aromatic N) is 2. The van der Waals surface area contributed by atoms with Gasteiger partial charge in [-0.1, -0.05) is 6.07 Å². The summed E-state index contributed by atoms with van der Waals surface area (Å²) in [6, 6.07) is 10.1. The highest BCUT2D eigenvalue weighted by atomic mass is 19.4. The molecule has 0 unspecified atom stereocenters. The van der Waals surface area contributed by atoms with E-state index in [4.69, 9.17) is 9.47 Å². The summed E-state index contributed by atoms with van der Waals surface area (Å²) in [5.74, 6) is -0.416. The molecule has 1 heterocycles. The lowest BCUT2D eigenvalue weighted by molar-refractivity contribution is -0.138. The lowest BCUT2D eigenvalue weighted by atomic mass is 10.1. The molecule has 35 heavy (non-hydrogen) atoms. The first-order valence-corrected chi connectivity index (χ1v) is 10.5. The Balaban J connectivity index is 1.66. The van der Waals surface area contributed by atoms with E-state index in [0.29, 0.717) is 22.9 Å². The molecule has 0 fully saturated rings. The van der Waals surface area contributed by atoms with E-state index in [2.05, 4.69) is 15.7 Å². The molecule has 8 nitrogen and oxygen atoms in total. The van der Waals surface area contributed by atoms with Crippen LogP contribution in [-0.4, -0.2) is 42.4 Å². The van der Waals surface area contributed by atoms with Crippen LogP contribution in [0.3, 0.4) is 0 Å². The number of nitrogens with one attached hydrogen (secondary N) is 2. The quantitative estimate of drug-likeness (QED) is 0.504. The van der Waals surface area contributed by atoms with Crippen molar-refractivity contribution in [1.29, 1.82) is 0 Å². The molecule has 0 saturated carbocycles. The normalized spacial score (nSPS) is 11.2. The Morgan fingerprint density at radius 2 is 1.69 bits per heavy atom. The number of carbonyl (C=O) groups is 2. The van der Waals surface area contributed by atoms with Crippen LogP contribution in [0.4, 0.5) is 13.2 Å². The van der Waals surface area contributed by atoms with Crippen molar-refractivity contribution in [2.24, 2.45) is 0 Å². The van der Waals surface area contributed by atoms with Crippen molar-refractivity contribution in [3.63, 3.8) is 0 Å². The second-order valence-electron chi connectivity index (χ2n) is 7.71. The van der Waals surface area contributed by atoms with Crippen LogP contribution in [0.5, 0.6) is 11.5 Å². The third kappa shape index (κ3) is 6.11. The van der Waals surface area contributed by atoms with E-state index in [9.17, 15) is 22.8 Å². The number of halogens is 3. The number of aryl methyl sites for hydroxylation is 2. The highest BCUT2D eigenvalue weighted by molar-refractivity contribution is 5.97. The first-order valence-electron chi connectivity index (χ1n) is 10.5. The van der Waals surface area contributed by atoms with Gasteiger partial charge in [-0.2, -0.15) is 18.3 Å². The average Bonchev–Trinajstić information content (AvgIpc) is 3.17. The largest absolute Gasteiger partial charge is 0.493 e. The van der Waals surface area contributed by atoms with Crippen LogP contribution in [0, 0.1) is 13.8 Å². The van der Waals surface area contributed by atoms with Gasteiger partial charge in [0.05, 0.1) is 37.7 Å². The molecule has 11 heteroatoms. The smallest absolute Gasteiger partial charge is 0.416 e. The summed E-state index contributed by atoms with van der Waals surface area (Å²) in [4.78, 5) is 24.5. The molecule has 0 spiro atoms. The van der Waals surface area contributed by atoms with Gasteiger partial charge in [-0.3, -0.25) is 9.59 Å². The maximum absolute atomic E-state index is 13.7. The van der Waals surface area contributed by atoms with Gasteiger partial charge in [-0.25, -0.2) is 4.68 Å². The minimum Gasteiger partial charge on any atom is -0.493 e. The Morgan fingerprint density at radius 3 is 2.29 bits per heavy atom. The number of alkyl halides is 3. The van der Waals surface area contributed by atoms with Crippen LogP contribution in [0.15, 0.2) is 42.5 Å². The summed E-state index contributed by atoms with van der Waals surface area (Å²) in [6.45, 7) is 2.72. The van der Waals surface area contributed by atoms with Gasteiger partial charge >= 0.3 is 6.18 Å². The fourth-order valence-electron chi connectivity index (χ4n) is 3.50. The number of amides is 2. The van der Waals surface area contributed by atoms with E-state index < -0.39 is 30.1 Å². The summed E-state index contributed by atoms with van der Waals surface area (Å²) in [6.07, 6.45) is -4.63. The van der Waals surface area contributed by atoms with Gasteiger partial charge in [-0.15, -0.1) is 0 Å². The van der Waals surface area contributed by atoms with E-state index in [-0.39, 0.29) is 23.4 Å². The molecule has 0 bridgehead atoms. The zero-order chi connectivity index (χ0) is 25.8. The Kier molecular flexibility index (Phi) is 7.68. The van der Waals surface area contributed by atoms with Crippen LogP contribution in [-0.2, 0) is 17.5 Å². The van der Waals surface area contributed by atoms with Gasteiger partial charge < -0.3 is 20.1 Å². The molecule has 3 rings (SSSR count). The number of rotatable bonds is 8.